The Hall–Kier alpha value is -1.65. The lowest BCUT2D eigenvalue weighted by Crippen LogP contribution is -2.29. The van der Waals surface area contributed by atoms with Crippen molar-refractivity contribution in [3.63, 3.8) is 0 Å². The fourth-order valence-corrected chi connectivity index (χ4v) is 2.56. The minimum atomic E-state index is 0.674. The molecular formula is C17H26N4. The van der Waals surface area contributed by atoms with Crippen molar-refractivity contribution in [3.05, 3.63) is 53.3 Å². The molecular weight excluding hydrogens is 260 g/mol. The maximum atomic E-state index is 5.77. The summed E-state index contributed by atoms with van der Waals surface area (Å²) in [7, 11) is 0. The lowest BCUT2D eigenvalue weighted by molar-refractivity contribution is 0.256. The second kappa shape index (κ2) is 7.96. The molecule has 21 heavy (non-hydrogen) atoms. The Kier molecular flexibility index (Phi) is 5.96. The van der Waals surface area contributed by atoms with E-state index < -0.39 is 0 Å². The van der Waals surface area contributed by atoms with Crippen LogP contribution in [-0.2, 0) is 26.1 Å². The molecule has 0 radical (unpaired) electrons. The molecule has 0 aliphatic carbocycles. The number of rotatable bonds is 8. The van der Waals surface area contributed by atoms with Gasteiger partial charge in [0, 0.05) is 32.7 Å². The number of nitrogens with two attached hydrogens (primary N) is 1. The van der Waals surface area contributed by atoms with Crippen LogP contribution in [0.3, 0.4) is 0 Å². The standard InChI is InChI=1S/C17H26N4/c1-3-16-12-17(21(4-2)19-16)14-20(11-10-18)13-15-8-6-5-7-9-15/h5-9,12H,3-4,10-11,13-14,18H2,1-2H3. The Morgan fingerprint density at radius 1 is 1.14 bits per heavy atom. The van der Waals surface area contributed by atoms with Crippen molar-refractivity contribution in [1.29, 1.82) is 0 Å². The molecule has 0 atom stereocenters. The SMILES string of the molecule is CCc1cc(CN(CCN)Cc2ccccc2)n(CC)n1. The smallest absolute Gasteiger partial charge is 0.0625 e. The highest BCUT2D eigenvalue weighted by Crippen LogP contribution is 2.12. The van der Waals surface area contributed by atoms with Gasteiger partial charge in [-0.15, -0.1) is 0 Å². The van der Waals surface area contributed by atoms with Crippen molar-refractivity contribution < 1.29 is 0 Å². The van der Waals surface area contributed by atoms with E-state index in [2.05, 4.69) is 64.9 Å². The molecule has 0 saturated heterocycles. The maximum absolute atomic E-state index is 5.77. The van der Waals surface area contributed by atoms with E-state index in [9.17, 15) is 0 Å². The molecule has 0 amide bonds. The Morgan fingerprint density at radius 2 is 1.90 bits per heavy atom. The zero-order valence-electron chi connectivity index (χ0n) is 13.1. The number of nitrogens with zero attached hydrogens (tertiary/aromatic N) is 3. The summed E-state index contributed by atoms with van der Waals surface area (Å²) in [5.74, 6) is 0. The van der Waals surface area contributed by atoms with E-state index in [-0.39, 0.29) is 0 Å². The predicted octanol–water partition coefficient (Wildman–Crippen LogP) is 2.43. The zero-order chi connectivity index (χ0) is 15.1. The van der Waals surface area contributed by atoms with Gasteiger partial charge in [-0.05, 0) is 25.0 Å². The Morgan fingerprint density at radius 3 is 2.52 bits per heavy atom. The first kappa shape index (κ1) is 15.7. The largest absolute Gasteiger partial charge is 0.329 e. The fourth-order valence-electron chi connectivity index (χ4n) is 2.56. The summed E-state index contributed by atoms with van der Waals surface area (Å²) in [4.78, 5) is 2.39. The van der Waals surface area contributed by atoms with Gasteiger partial charge in [-0.25, -0.2) is 0 Å². The van der Waals surface area contributed by atoms with E-state index in [1.165, 1.54) is 17.0 Å². The first-order valence-corrected chi connectivity index (χ1v) is 7.78. The van der Waals surface area contributed by atoms with Crippen LogP contribution in [0.2, 0.25) is 0 Å². The average molecular weight is 286 g/mol. The summed E-state index contributed by atoms with van der Waals surface area (Å²) < 4.78 is 2.10. The molecule has 4 nitrogen and oxygen atoms in total. The Labute approximate surface area is 127 Å². The van der Waals surface area contributed by atoms with E-state index >= 15 is 0 Å². The van der Waals surface area contributed by atoms with E-state index in [4.69, 9.17) is 5.73 Å². The van der Waals surface area contributed by atoms with Crippen LogP contribution in [0.25, 0.3) is 0 Å². The summed E-state index contributed by atoms with van der Waals surface area (Å²) in [6.07, 6.45) is 0.982. The van der Waals surface area contributed by atoms with Gasteiger partial charge in [0.2, 0.25) is 0 Å². The molecule has 114 valence electrons. The third kappa shape index (κ3) is 4.41. The second-order valence-corrected chi connectivity index (χ2v) is 5.28. The van der Waals surface area contributed by atoms with Crippen molar-refractivity contribution >= 4 is 0 Å². The van der Waals surface area contributed by atoms with Crippen molar-refractivity contribution in [3.8, 4) is 0 Å². The van der Waals surface area contributed by atoms with Gasteiger partial charge in [0.05, 0.1) is 11.4 Å². The molecule has 2 rings (SSSR count). The third-order valence-corrected chi connectivity index (χ3v) is 3.66. The second-order valence-electron chi connectivity index (χ2n) is 5.28. The maximum Gasteiger partial charge on any atom is 0.0625 e. The van der Waals surface area contributed by atoms with Gasteiger partial charge in [-0.1, -0.05) is 37.3 Å². The molecule has 4 heteroatoms. The predicted molar refractivity (Wildman–Crippen MR) is 86.9 cm³/mol. The van der Waals surface area contributed by atoms with Gasteiger partial charge in [-0.2, -0.15) is 5.10 Å². The summed E-state index contributed by atoms with van der Waals surface area (Å²) in [6.45, 7) is 8.59. The molecule has 0 unspecified atom stereocenters. The van der Waals surface area contributed by atoms with Crippen LogP contribution in [-0.4, -0.2) is 27.8 Å². The van der Waals surface area contributed by atoms with E-state index in [1.807, 2.05) is 0 Å². The van der Waals surface area contributed by atoms with E-state index in [0.29, 0.717) is 6.54 Å². The van der Waals surface area contributed by atoms with Crippen LogP contribution in [0, 0.1) is 0 Å². The normalized spacial score (nSPS) is 11.2. The first-order chi connectivity index (χ1) is 10.3. The zero-order valence-corrected chi connectivity index (χ0v) is 13.1. The summed E-state index contributed by atoms with van der Waals surface area (Å²) in [5, 5.41) is 4.63. The molecule has 1 heterocycles. The first-order valence-electron chi connectivity index (χ1n) is 7.78. The van der Waals surface area contributed by atoms with Crippen LogP contribution < -0.4 is 5.73 Å². The monoisotopic (exact) mass is 286 g/mol. The van der Waals surface area contributed by atoms with Crippen molar-refractivity contribution in [2.75, 3.05) is 13.1 Å². The van der Waals surface area contributed by atoms with Gasteiger partial charge in [0.1, 0.15) is 0 Å². The molecule has 0 aliphatic rings. The summed E-state index contributed by atoms with van der Waals surface area (Å²) >= 11 is 0. The number of aromatic nitrogens is 2. The summed E-state index contributed by atoms with van der Waals surface area (Å²) in [5.41, 5.74) is 9.54. The van der Waals surface area contributed by atoms with Gasteiger partial charge in [-0.3, -0.25) is 9.58 Å². The minimum absolute atomic E-state index is 0.674. The molecule has 0 aliphatic heterocycles. The Balaban J connectivity index is 2.10. The van der Waals surface area contributed by atoms with Crippen LogP contribution in [0.4, 0.5) is 0 Å². The molecule has 1 aromatic heterocycles. The lowest BCUT2D eigenvalue weighted by Gasteiger charge is -2.22. The molecule has 0 bridgehead atoms. The third-order valence-electron chi connectivity index (χ3n) is 3.66. The molecule has 2 N–H and O–H groups in total. The fraction of sp³-hybridized carbons (Fsp3) is 0.471. The molecule has 2 aromatic rings. The molecule has 1 aromatic carbocycles. The number of hydrogen-bond donors (Lipinski definition) is 1. The van der Waals surface area contributed by atoms with Gasteiger partial charge in [0.15, 0.2) is 0 Å². The van der Waals surface area contributed by atoms with Crippen molar-refractivity contribution in [1.82, 2.24) is 14.7 Å². The quantitative estimate of drug-likeness (QED) is 0.810. The number of benzene rings is 1. The van der Waals surface area contributed by atoms with Gasteiger partial charge in [0.25, 0.3) is 0 Å². The highest BCUT2D eigenvalue weighted by molar-refractivity contribution is 5.15. The van der Waals surface area contributed by atoms with Crippen LogP contribution in [0.15, 0.2) is 36.4 Å². The molecule has 0 spiro atoms. The Bertz CT molecular complexity index is 533. The average Bonchev–Trinajstić information content (AvgIpc) is 2.90. The highest BCUT2D eigenvalue weighted by Gasteiger charge is 2.11. The van der Waals surface area contributed by atoms with Crippen LogP contribution in [0.1, 0.15) is 30.8 Å². The van der Waals surface area contributed by atoms with Crippen molar-refractivity contribution in [2.45, 2.75) is 39.9 Å². The lowest BCUT2D eigenvalue weighted by atomic mass is 10.2. The van der Waals surface area contributed by atoms with Crippen LogP contribution in [0.5, 0.6) is 0 Å². The molecule has 0 saturated carbocycles. The van der Waals surface area contributed by atoms with E-state index in [0.717, 1.165) is 32.6 Å². The minimum Gasteiger partial charge on any atom is -0.329 e. The van der Waals surface area contributed by atoms with Gasteiger partial charge >= 0.3 is 0 Å². The molecule has 0 fully saturated rings. The van der Waals surface area contributed by atoms with Crippen molar-refractivity contribution in [2.24, 2.45) is 5.73 Å². The highest BCUT2D eigenvalue weighted by atomic mass is 15.3. The van der Waals surface area contributed by atoms with Crippen LogP contribution >= 0.6 is 0 Å². The summed E-state index contributed by atoms with van der Waals surface area (Å²) in [6, 6.07) is 12.8. The van der Waals surface area contributed by atoms with E-state index in [1.54, 1.807) is 0 Å². The number of hydrogen-bond acceptors (Lipinski definition) is 3. The van der Waals surface area contributed by atoms with Gasteiger partial charge < -0.3 is 5.73 Å². The number of aryl methyl sites for hydroxylation is 2. The topological polar surface area (TPSA) is 47.1 Å².